The molecule has 0 unspecified atom stereocenters. The molecular weight excluding hydrogens is 496 g/mol. The first-order chi connectivity index (χ1) is 19.1. The minimum atomic E-state index is -1.05. The van der Waals surface area contributed by atoms with E-state index in [1.807, 2.05) is 60.7 Å². The minimum absolute atomic E-state index is 0.0942. The highest BCUT2D eigenvalue weighted by Gasteiger charge is 2.65. The summed E-state index contributed by atoms with van der Waals surface area (Å²) in [6, 6.07) is 20.1. The quantitative estimate of drug-likeness (QED) is 0.343. The van der Waals surface area contributed by atoms with Gasteiger partial charge < -0.3 is 20.4 Å². The fourth-order valence-corrected chi connectivity index (χ4v) is 10.7. The second-order valence-electron chi connectivity index (χ2n) is 14.6. The predicted octanol–water partition coefficient (Wildman–Crippen LogP) is 6.30. The Kier molecular flexibility index (Phi) is 7.47. The summed E-state index contributed by atoms with van der Waals surface area (Å²) in [4.78, 5) is 0. The maximum atomic E-state index is 12.1. The molecule has 0 spiro atoms. The van der Waals surface area contributed by atoms with Gasteiger partial charge in [-0.3, -0.25) is 0 Å². The molecule has 4 saturated carbocycles. The van der Waals surface area contributed by atoms with E-state index >= 15 is 0 Å². The van der Waals surface area contributed by atoms with E-state index in [4.69, 9.17) is 0 Å². The Labute approximate surface area is 240 Å². The smallest absolute Gasteiger partial charge is 0.115 e. The zero-order valence-electron chi connectivity index (χ0n) is 24.6. The molecule has 4 fully saturated rings. The van der Waals surface area contributed by atoms with Gasteiger partial charge in [-0.05, 0) is 115 Å². The van der Waals surface area contributed by atoms with Crippen LogP contribution in [0.1, 0.15) is 89.7 Å². The molecule has 218 valence electrons. The van der Waals surface area contributed by atoms with Gasteiger partial charge in [-0.15, -0.1) is 0 Å². The highest BCUT2D eigenvalue weighted by molar-refractivity contribution is 5.35. The van der Waals surface area contributed by atoms with Gasteiger partial charge in [-0.25, -0.2) is 0 Å². The molecule has 0 amide bonds. The third kappa shape index (κ3) is 4.40. The van der Waals surface area contributed by atoms with E-state index in [1.54, 1.807) is 0 Å². The van der Waals surface area contributed by atoms with E-state index in [2.05, 4.69) is 20.8 Å². The normalized spacial score (nSPS) is 42.0. The third-order valence-electron chi connectivity index (χ3n) is 13.0. The highest BCUT2D eigenvalue weighted by Crippen LogP contribution is 2.68. The number of fused-ring (bicyclic) bond motifs is 5. The Morgan fingerprint density at radius 3 is 2.08 bits per heavy atom. The number of aliphatic hydroxyl groups excluding tert-OH is 3. The summed E-state index contributed by atoms with van der Waals surface area (Å²) in [7, 11) is 0. The van der Waals surface area contributed by atoms with Gasteiger partial charge in [0.1, 0.15) is 5.60 Å². The van der Waals surface area contributed by atoms with Crippen molar-refractivity contribution < 1.29 is 20.4 Å². The monoisotopic (exact) mass is 546 g/mol. The Morgan fingerprint density at radius 1 is 0.825 bits per heavy atom. The molecule has 0 saturated heterocycles. The summed E-state index contributed by atoms with van der Waals surface area (Å²) in [6.07, 6.45) is 6.85. The maximum absolute atomic E-state index is 12.1. The Bertz CT molecular complexity index is 1110. The molecule has 40 heavy (non-hydrogen) atoms. The zero-order chi connectivity index (χ0) is 28.3. The van der Waals surface area contributed by atoms with Crippen LogP contribution >= 0.6 is 0 Å². The van der Waals surface area contributed by atoms with Gasteiger partial charge in [0.2, 0.25) is 0 Å². The molecule has 4 N–H and O–H groups in total. The number of benzene rings is 2. The lowest BCUT2D eigenvalue weighted by molar-refractivity contribution is -0.207. The van der Waals surface area contributed by atoms with Crippen molar-refractivity contribution in [3.8, 4) is 0 Å². The number of aliphatic hydroxyl groups is 4. The van der Waals surface area contributed by atoms with Gasteiger partial charge in [0.15, 0.2) is 0 Å². The molecule has 0 aliphatic heterocycles. The van der Waals surface area contributed by atoms with Crippen molar-refractivity contribution in [1.82, 2.24) is 0 Å². The zero-order valence-corrected chi connectivity index (χ0v) is 24.6. The number of hydrogen-bond acceptors (Lipinski definition) is 4. The van der Waals surface area contributed by atoms with Crippen LogP contribution in [0.4, 0.5) is 0 Å². The molecule has 0 aromatic heterocycles. The molecule has 0 heterocycles. The standard InChI is InChI=1S/C36H50O4/c1-23(16-19-36(40,24-10-6-4-7-11-24)25-12-8-5-9-13-25)28-14-15-29-33-30(22-32(39)35(28,29)3)34(2)18-17-27(37)20-26(34)21-31(33)38/h4-13,23,26-33,37-40H,14-22H2,1-3H3/t23-,26-,27-,28+,29+,30-,31+,32+,33+,34-,35+/m0/s1. The summed E-state index contributed by atoms with van der Waals surface area (Å²) >= 11 is 0. The third-order valence-corrected chi connectivity index (χ3v) is 13.0. The molecule has 11 atom stereocenters. The van der Waals surface area contributed by atoms with Crippen LogP contribution in [0.3, 0.4) is 0 Å². The van der Waals surface area contributed by atoms with Crippen LogP contribution < -0.4 is 0 Å². The van der Waals surface area contributed by atoms with Crippen LogP contribution in [-0.2, 0) is 5.60 Å². The molecule has 4 aliphatic rings. The van der Waals surface area contributed by atoms with Crippen molar-refractivity contribution in [2.24, 2.45) is 46.3 Å². The average Bonchev–Trinajstić information content (AvgIpc) is 3.32. The van der Waals surface area contributed by atoms with Gasteiger partial charge in [-0.1, -0.05) is 81.4 Å². The topological polar surface area (TPSA) is 80.9 Å². The number of rotatable bonds is 6. The van der Waals surface area contributed by atoms with E-state index in [0.29, 0.717) is 36.0 Å². The first-order valence-electron chi connectivity index (χ1n) is 16.0. The van der Waals surface area contributed by atoms with Gasteiger partial charge in [0.05, 0.1) is 18.3 Å². The molecule has 0 radical (unpaired) electrons. The van der Waals surface area contributed by atoms with E-state index in [0.717, 1.165) is 62.5 Å². The maximum Gasteiger partial charge on any atom is 0.115 e. The van der Waals surface area contributed by atoms with Crippen LogP contribution in [0.5, 0.6) is 0 Å². The number of hydrogen-bond donors (Lipinski definition) is 4. The summed E-state index contributed by atoms with van der Waals surface area (Å²) in [5.74, 6) is 1.90. The van der Waals surface area contributed by atoms with Crippen LogP contribution in [-0.4, -0.2) is 38.7 Å². The second kappa shape index (κ2) is 10.5. The largest absolute Gasteiger partial charge is 0.393 e. The van der Waals surface area contributed by atoms with Crippen LogP contribution in [0, 0.1) is 46.3 Å². The average molecular weight is 547 g/mol. The van der Waals surface area contributed by atoms with Crippen LogP contribution in [0.25, 0.3) is 0 Å². The molecule has 2 aromatic rings. The van der Waals surface area contributed by atoms with Gasteiger partial charge in [-0.2, -0.15) is 0 Å². The predicted molar refractivity (Wildman–Crippen MR) is 158 cm³/mol. The molecule has 0 bridgehead atoms. The fraction of sp³-hybridized carbons (Fsp3) is 0.667. The summed E-state index contributed by atoms with van der Waals surface area (Å²) in [5, 5.41) is 46.1. The Balaban J connectivity index is 1.24. The SMILES string of the molecule is C[C@@H](CCC(O)(c1ccccc1)c1ccccc1)[C@H]1CC[C@@H]2[C@H]3[C@H](O)C[C@@H]4C[C@@H](O)CC[C@]4(C)[C@H]3C[C@@H](O)[C@@]21C. The molecule has 2 aromatic carbocycles. The lowest BCUT2D eigenvalue weighted by atomic mass is 9.43. The van der Waals surface area contributed by atoms with Crippen LogP contribution in [0.15, 0.2) is 60.7 Å². The van der Waals surface area contributed by atoms with Crippen molar-refractivity contribution >= 4 is 0 Å². The van der Waals surface area contributed by atoms with E-state index in [-0.39, 0.29) is 35.1 Å². The summed E-state index contributed by atoms with van der Waals surface area (Å²) in [5.41, 5.74) is 0.666. The second-order valence-corrected chi connectivity index (χ2v) is 14.6. The van der Waals surface area contributed by atoms with E-state index in [1.165, 1.54) is 0 Å². The first-order valence-corrected chi connectivity index (χ1v) is 16.0. The van der Waals surface area contributed by atoms with Crippen LogP contribution in [0.2, 0.25) is 0 Å². The molecular formula is C36H50O4. The van der Waals surface area contributed by atoms with Crippen molar-refractivity contribution in [3.05, 3.63) is 71.8 Å². The van der Waals surface area contributed by atoms with Crippen molar-refractivity contribution in [2.45, 2.75) is 102 Å². The summed E-state index contributed by atoms with van der Waals surface area (Å²) in [6.45, 7) is 7.04. The lowest BCUT2D eigenvalue weighted by Crippen LogP contribution is -2.62. The van der Waals surface area contributed by atoms with Crippen molar-refractivity contribution in [1.29, 1.82) is 0 Å². The Morgan fingerprint density at radius 2 is 1.45 bits per heavy atom. The molecule has 4 nitrogen and oxygen atoms in total. The summed E-state index contributed by atoms with van der Waals surface area (Å²) < 4.78 is 0. The van der Waals surface area contributed by atoms with Gasteiger partial charge in [0.25, 0.3) is 0 Å². The van der Waals surface area contributed by atoms with E-state index < -0.39 is 5.60 Å². The first kappa shape index (κ1) is 28.4. The van der Waals surface area contributed by atoms with Gasteiger partial charge >= 0.3 is 0 Å². The molecule has 6 rings (SSSR count). The highest BCUT2D eigenvalue weighted by atomic mass is 16.3. The molecule has 4 aliphatic carbocycles. The molecule has 4 heteroatoms. The van der Waals surface area contributed by atoms with E-state index in [9.17, 15) is 20.4 Å². The lowest BCUT2D eigenvalue weighted by Gasteiger charge is -2.63. The van der Waals surface area contributed by atoms with Crippen molar-refractivity contribution in [2.75, 3.05) is 0 Å². The fourth-order valence-electron chi connectivity index (χ4n) is 10.7. The van der Waals surface area contributed by atoms with Crippen molar-refractivity contribution in [3.63, 3.8) is 0 Å². The Hall–Kier alpha value is -1.72. The minimum Gasteiger partial charge on any atom is -0.393 e. The van der Waals surface area contributed by atoms with Gasteiger partial charge in [0, 0.05) is 0 Å².